The van der Waals surface area contributed by atoms with Crippen molar-refractivity contribution in [2.24, 2.45) is 5.92 Å². The first-order chi connectivity index (χ1) is 7.29. The summed E-state index contributed by atoms with van der Waals surface area (Å²) in [6, 6.07) is 5.80. The largest absolute Gasteiger partial charge is 0.390 e. The topological polar surface area (TPSA) is 36.4 Å². The fraction of sp³-hybridized carbons (Fsp3) is 0.583. The highest BCUT2D eigenvalue weighted by atomic mass is 16.3. The molecule has 82 valence electrons. The molecule has 1 N–H and O–H groups in total. The third-order valence-corrected chi connectivity index (χ3v) is 3.10. The summed E-state index contributed by atoms with van der Waals surface area (Å²) >= 11 is 0. The number of aliphatic hydroxyl groups is 1. The number of anilines is 1. The van der Waals surface area contributed by atoms with E-state index >= 15 is 0 Å². The Morgan fingerprint density at radius 1 is 1.47 bits per heavy atom. The van der Waals surface area contributed by atoms with Crippen LogP contribution in [-0.4, -0.2) is 23.7 Å². The minimum atomic E-state index is 0.0190. The van der Waals surface area contributed by atoms with Crippen molar-refractivity contribution < 1.29 is 5.11 Å². The first-order valence-corrected chi connectivity index (χ1v) is 5.57. The van der Waals surface area contributed by atoms with Crippen molar-refractivity contribution >= 4 is 5.82 Å². The van der Waals surface area contributed by atoms with Gasteiger partial charge >= 0.3 is 0 Å². The van der Waals surface area contributed by atoms with E-state index in [1.165, 1.54) is 19.3 Å². The van der Waals surface area contributed by atoms with Crippen LogP contribution in [0.3, 0.4) is 0 Å². The van der Waals surface area contributed by atoms with E-state index in [-0.39, 0.29) is 6.61 Å². The Hall–Kier alpha value is -1.09. The molecule has 1 aliphatic rings. The molecule has 1 fully saturated rings. The van der Waals surface area contributed by atoms with Crippen molar-refractivity contribution in [1.82, 2.24) is 4.98 Å². The Kier molecular flexibility index (Phi) is 3.21. The molecule has 0 aliphatic heterocycles. The molecule has 3 nitrogen and oxygen atoms in total. The Morgan fingerprint density at radius 2 is 2.27 bits per heavy atom. The van der Waals surface area contributed by atoms with E-state index in [9.17, 15) is 0 Å². The van der Waals surface area contributed by atoms with Crippen LogP contribution >= 0.6 is 0 Å². The van der Waals surface area contributed by atoms with Crippen LogP contribution in [-0.2, 0) is 6.61 Å². The van der Waals surface area contributed by atoms with Crippen molar-refractivity contribution in [3.8, 4) is 0 Å². The van der Waals surface area contributed by atoms with E-state index in [2.05, 4.69) is 16.9 Å². The van der Waals surface area contributed by atoms with Crippen LogP contribution in [0.25, 0.3) is 0 Å². The van der Waals surface area contributed by atoms with Gasteiger partial charge in [-0.3, -0.25) is 0 Å². The van der Waals surface area contributed by atoms with Gasteiger partial charge in [0.25, 0.3) is 0 Å². The minimum Gasteiger partial charge on any atom is -0.390 e. The zero-order valence-electron chi connectivity index (χ0n) is 9.19. The average Bonchev–Trinajstić information content (AvgIpc) is 2.23. The molecule has 1 aromatic rings. The molecule has 0 radical (unpaired) electrons. The molecule has 3 heteroatoms. The Morgan fingerprint density at radius 3 is 2.87 bits per heavy atom. The molecule has 0 aromatic carbocycles. The number of pyridine rings is 1. The van der Waals surface area contributed by atoms with Gasteiger partial charge in [0.2, 0.25) is 0 Å². The SMILES string of the molecule is CN(CC1CCC1)c1cccc(CO)n1. The lowest BCUT2D eigenvalue weighted by atomic mass is 9.85. The number of hydrogen-bond acceptors (Lipinski definition) is 3. The fourth-order valence-electron chi connectivity index (χ4n) is 1.92. The Bertz CT molecular complexity index is 323. The number of rotatable bonds is 4. The molecule has 2 rings (SSSR count). The summed E-state index contributed by atoms with van der Waals surface area (Å²) in [6.45, 7) is 1.10. The first kappa shape index (κ1) is 10.4. The van der Waals surface area contributed by atoms with Crippen molar-refractivity contribution in [1.29, 1.82) is 0 Å². The normalized spacial score (nSPS) is 16.1. The van der Waals surface area contributed by atoms with Gasteiger partial charge in [0.15, 0.2) is 0 Å². The van der Waals surface area contributed by atoms with Crippen molar-refractivity contribution in [2.75, 3.05) is 18.5 Å². The molecular weight excluding hydrogens is 188 g/mol. The monoisotopic (exact) mass is 206 g/mol. The van der Waals surface area contributed by atoms with Crippen LogP contribution in [0.4, 0.5) is 5.82 Å². The first-order valence-electron chi connectivity index (χ1n) is 5.57. The van der Waals surface area contributed by atoms with Gasteiger partial charge in [-0.2, -0.15) is 0 Å². The third-order valence-electron chi connectivity index (χ3n) is 3.10. The predicted molar refractivity (Wildman–Crippen MR) is 60.8 cm³/mol. The second-order valence-electron chi connectivity index (χ2n) is 4.32. The molecule has 0 unspecified atom stereocenters. The lowest BCUT2D eigenvalue weighted by Gasteiger charge is -2.30. The van der Waals surface area contributed by atoms with Crippen LogP contribution in [0.5, 0.6) is 0 Å². The van der Waals surface area contributed by atoms with Crippen LogP contribution in [0, 0.1) is 5.92 Å². The van der Waals surface area contributed by atoms with Gasteiger partial charge in [0.1, 0.15) is 5.82 Å². The lowest BCUT2D eigenvalue weighted by Crippen LogP contribution is -2.29. The van der Waals surface area contributed by atoms with E-state index in [1.807, 2.05) is 18.2 Å². The molecule has 0 spiro atoms. The fourth-order valence-corrected chi connectivity index (χ4v) is 1.92. The van der Waals surface area contributed by atoms with Crippen LogP contribution in [0.1, 0.15) is 25.0 Å². The second-order valence-corrected chi connectivity index (χ2v) is 4.32. The lowest BCUT2D eigenvalue weighted by molar-refractivity contribution is 0.276. The van der Waals surface area contributed by atoms with Gasteiger partial charge in [-0.1, -0.05) is 12.5 Å². The summed E-state index contributed by atoms with van der Waals surface area (Å²) in [5.41, 5.74) is 0.743. The minimum absolute atomic E-state index is 0.0190. The molecule has 15 heavy (non-hydrogen) atoms. The van der Waals surface area contributed by atoms with Crippen LogP contribution in [0.15, 0.2) is 18.2 Å². The summed E-state index contributed by atoms with van der Waals surface area (Å²) < 4.78 is 0. The van der Waals surface area contributed by atoms with E-state index < -0.39 is 0 Å². The summed E-state index contributed by atoms with van der Waals surface area (Å²) in [6.07, 6.45) is 4.08. The molecule has 0 bridgehead atoms. The summed E-state index contributed by atoms with van der Waals surface area (Å²) in [7, 11) is 2.07. The van der Waals surface area contributed by atoms with Gasteiger partial charge in [-0.05, 0) is 30.9 Å². The molecule has 1 aliphatic carbocycles. The molecule has 1 aromatic heterocycles. The Labute approximate surface area is 90.8 Å². The molecule has 0 saturated heterocycles. The van der Waals surface area contributed by atoms with E-state index in [0.29, 0.717) is 0 Å². The summed E-state index contributed by atoms with van der Waals surface area (Å²) in [5, 5.41) is 9.00. The van der Waals surface area contributed by atoms with E-state index in [1.54, 1.807) is 0 Å². The highest BCUT2D eigenvalue weighted by Crippen LogP contribution is 2.27. The van der Waals surface area contributed by atoms with E-state index in [4.69, 9.17) is 5.11 Å². The van der Waals surface area contributed by atoms with Gasteiger partial charge < -0.3 is 10.0 Å². The maximum atomic E-state index is 9.00. The van der Waals surface area contributed by atoms with Crippen molar-refractivity contribution in [3.05, 3.63) is 23.9 Å². The van der Waals surface area contributed by atoms with Crippen LogP contribution < -0.4 is 4.90 Å². The smallest absolute Gasteiger partial charge is 0.128 e. The highest BCUT2D eigenvalue weighted by molar-refractivity contribution is 5.38. The number of aliphatic hydroxyl groups excluding tert-OH is 1. The van der Waals surface area contributed by atoms with Gasteiger partial charge in [0, 0.05) is 13.6 Å². The zero-order valence-corrected chi connectivity index (χ0v) is 9.19. The maximum absolute atomic E-state index is 9.00. The van der Waals surface area contributed by atoms with Crippen molar-refractivity contribution in [3.63, 3.8) is 0 Å². The molecule has 1 heterocycles. The average molecular weight is 206 g/mol. The maximum Gasteiger partial charge on any atom is 0.128 e. The number of hydrogen-bond donors (Lipinski definition) is 1. The second kappa shape index (κ2) is 4.62. The highest BCUT2D eigenvalue weighted by Gasteiger charge is 2.19. The molecular formula is C12H18N2O. The standard InChI is InChI=1S/C12H18N2O/c1-14(8-10-4-2-5-10)12-7-3-6-11(9-15)13-12/h3,6-7,10,15H,2,4-5,8-9H2,1H3. The van der Waals surface area contributed by atoms with Crippen molar-refractivity contribution in [2.45, 2.75) is 25.9 Å². The molecule has 0 amide bonds. The Balaban J connectivity index is 1.99. The predicted octanol–water partition coefficient (Wildman–Crippen LogP) is 1.81. The van der Waals surface area contributed by atoms with Gasteiger partial charge in [-0.15, -0.1) is 0 Å². The van der Waals surface area contributed by atoms with Crippen LogP contribution in [0.2, 0.25) is 0 Å². The summed E-state index contributed by atoms with van der Waals surface area (Å²) in [4.78, 5) is 6.56. The number of aromatic nitrogens is 1. The number of nitrogens with zero attached hydrogens (tertiary/aromatic N) is 2. The quantitative estimate of drug-likeness (QED) is 0.816. The molecule has 0 atom stereocenters. The van der Waals surface area contributed by atoms with Gasteiger partial charge in [-0.25, -0.2) is 4.98 Å². The summed E-state index contributed by atoms with van der Waals surface area (Å²) in [5.74, 6) is 1.81. The third kappa shape index (κ3) is 2.48. The van der Waals surface area contributed by atoms with E-state index in [0.717, 1.165) is 24.0 Å². The van der Waals surface area contributed by atoms with Gasteiger partial charge in [0.05, 0.1) is 12.3 Å². The zero-order chi connectivity index (χ0) is 10.7. The molecule has 1 saturated carbocycles.